The Morgan fingerprint density at radius 3 is 2.75 bits per heavy atom. The standard InChI is InChI=1S/C19H17BN2O4S2/c1-20(25)12-4-2-11(3-5-12)9-26-13-6-7-14-16(8-13)28-18(21-14)17-22-15(10-27-17)19(23)24/h2-8,15,25H,9-10H2,1H3,(H,23,24). The molecule has 1 unspecified atom stereocenters. The Morgan fingerprint density at radius 2 is 2.07 bits per heavy atom. The van der Waals surface area contributed by atoms with Gasteiger partial charge in [0.15, 0.2) is 6.04 Å². The lowest BCUT2D eigenvalue weighted by atomic mass is 9.64. The number of rotatable bonds is 6. The van der Waals surface area contributed by atoms with Gasteiger partial charge < -0.3 is 14.9 Å². The number of hydrogen-bond acceptors (Lipinski definition) is 7. The number of thioether (sulfide) groups is 1. The average molecular weight is 412 g/mol. The van der Waals surface area contributed by atoms with E-state index in [0.717, 1.165) is 32.0 Å². The van der Waals surface area contributed by atoms with Crippen molar-refractivity contribution in [1.82, 2.24) is 4.98 Å². The number of carboxylic acids is 1. The fourth-order valence-electron chi connectivity index (χ4n) is 2.76. The van der Waals surface area contributed by atoms with Gasteiger partial charge in [-0.25, -0.2) is 9.78 Å². The van der Waals surface area contributed by atoms with E-state index in [1.807, 2.05) is 42.5 Å². The summed E-state index contributed by atoms with van der Waals surface area (Å²) in [5, 5.41) is 20.1. The zero-order valence-electron chi connectivity index (χ0n) is 15.0. The summed E-state index contributed by atoms with van der Waals surface area (Å²) in [5.74, 6) is 0.288. The largest absolute Gasteiger partial charge is 0.489 e. The van der Waals surface area contributed by atoms with Crippen LogP contribution in [0.2, 0.25) is 6.82 Å². The Balaban J connectivity index is 1.47. The molecule has 2 heterocycles. The summed E-state index contributed by atoms with van der Waals surface area (Å²) in [6.45, 7) is 1.69. The molecular formula is C19H17BN2O4S2. The highest BCUT2D eigenvalue weighted by molar-refractivity contribution is 8.15. The van der Waals surface area contributed by atoms with Crippen molar-refractivity contribution in [3.8, 4) is 5.75 Å². The number of aromatic nitrogens is 1. The fourth-order valence-corrected chi connectivity index (χ4v) is 4.85. The maximum atomic E-state index is 11.1. The van der Waals surface area contributed by atoms with E-state index >= 15 is 0 Å². The quantitative estimate of drug-likeness (QED) is 0.605. The second-order valence-corrected chi connectivity index (χ2v) is 8.49. The number of aliphatic imine (C=N–C) groups is 1. The smallest absolute Gasteiger partial charge is 0.329 e. The van der Waals surface area contributed by atoms with Crippen LogP contribution in [0.5, 0.6) is 5.75 Å². The van der Waals surface area contributed by atoms with Crippen LogP contribution in [-0.2, 0) is 11.4 Å². The molecule has 1 aromatic heterocycles. The van der Waals surface area contributed by atoms with Crippen molar-refractivity contribution in [3.05, 3.63) is 53.0 Å². The molecule has 0 radical (unpaired) electrons. The molecule has 9 heteroatoms. The fraction of sp³-hybridized carbons (Fsp3) is 0.211. The van der Waals surface area contributed by atoms with E-state index in [9.17, 15) is 9.82 Å². The zero-order chi connectivity index (χ0) is 19.7. The second-order valence-electron chi connectivity index (χ2n) is 6.45. The van der Waals surface area contributed by atoms with Crippen molar-refractivity contribution in [2.75, 3.05) is 5.75 Å². The average Bonchev–Trinajstić information content (AvgIpc) is 3.33. The molecule has 0 aliphatic carbocycles. The number of carboxylic acid groups (broad SMARTS) is 1. The third kappa shape index (κ3) is 4.06. The van der Waals surface area contributed by atoms with Gasteiger partial charge in [-0.2, -0.15) is 0 Å². The van der Waals surface area contributed by atoms with Crippen molar-refractivity contribution in [2.24, 2.45) is 4.99 Å². The lowest BCUT2D eigenvalue weighted by Gasteiger charge is -2.07. The molecule has 0 fully saturated rings. The van der Waals surface area contributed by atoms with Gasteiger partial charge >= 0.3 is 12.9 Å². The molecule has 142 valence electrons. The number of carbonyl (C=O) groups is 1. The zero-order valence-corrected chi connectivity index (χ0v) is 16.7. The molecule has 1 atom stereocenters. The molecule has 0 amide bonds. The van der Waals surface area contributed by atoms with Crippen LogP contribution in [0, 0.1) is 0 Å². The second kappa shape index (κ2) is 7.94. The number of aliphatic carboxylic acids is 1. The van der Waals surface area contributed by atoms with Gasteiger partial charge in [-0.15, -0.1) is 23.1 Å². The highest BCUT2D eigenvalue weighted by Crippen LogP contribution is 2.31. The normalized spacial score (nSPS) is 16.2. The van der Waals surface area contributed by atoms with Crippen LogP contribution in [0.25, 0.3) is 10.2 Å². The van der Waals surface area contributed by atoms with Crippen LogP contribution in [0.3, 0.4) is 0 Å². The van der Waals surface area contributed by atoms with E-state index in [2.05, 4.69) is 9.98 Å². The summed E-state index contributed by atoms with van der Waals surface area (Å²) in [7, 11) is 0. The van der Waals surface area contributed by atoms with Crippen LogP contribution >= 0.6 is 23.1 Å². The number of thiazole rings is 1. The number of ether oxygens (including phenoxy) is 1. The van der Waals surface area contributed by atoms with Crippen molar-refractivity contribution in [2.45, 2.75) is 19.5 Å². The van der Waals surface area contributed by atoms with Gasteiger partial charge in [0.2, 0.25) is 0 Å². The third-order valence-corrected chi connectivity index (χ3v) is 6.56. The SMILES string of the molecule is CB(O)c1ccc(COc2ccc3nc(C4=NC(C(=O)O)CS4)sc3c2)cc1. The van der Waals surface area contributed by atoms with E-state index in [1.165, 1.54) is 23.1 Å². The predicted molar refractivity (Wildman–Crippen MR) is 114 cm³/mol. The lowest BCUT2D eigenvalue weighted by molar-refractivity contribution is -0.137. The van der Waals surface area contributed by atoms with Gasteiger partial charge in [-0.1, -0.05) is 31.1 Å². The highest BCUT2D eigenvalue weighted by Gasteiger charge is 2.26. The van der Waals surface area contributed by atoms with Crippen molar-refractivity contribution < 1.29 is 19.7 Å². The molecule has 28 heavy (non-hydrogen) atoms. The number of benzene rings is 2. The van der Waals surface area contributed by atoms with Gasteiger partial charge in [0.1, 0.15) is 22.4 Å². The number of nitrogens with zero attached hydrogens (tertiary/aromatic N) is 2. The lowest BCUT2D eigenvalue weighted by Crippen LogP contribution is -2.25. The molecule has 6 nitrogen and oxygen atoms in total. The molecular weight excluding hydrogens is 395 g/mol. The minimum Gasteiger partial charge on any atom is -0.489 e. The van der Waals surface area contributed by atoms with E-state index < -0.39 is 18.9 Å². The van der Waals surface area contributed by atoms with Gasteiger partial charge in [-0.05, 0) is 29.2 Å². The minimum atomic E-state index is -0.902. The molecule has 0 bridgehead atoms. The van der Waals surface area contributed by atoms with E-state index in [4.69, 9.17) is 9.84 Å². The highest BCUT2D eigenvalue weighted by atomic mass is 32.2. The summed E-state index contributed by atoms with van der Waals surface area (Å²) >= 11 is 2.92. The first-order chi connectivity index (χ1) is 13.5. The monoisotopic (exact) mass is 412 g/mol. The van der Waals surface area contributed by atoms with E-state index in [1.54, 1.807) is 6.82 Å². The molecule has 1 aliphatic heterocycles. The molecule has 2 aromatic carbocycles. The van der Waals surface area contributed by atoms with Gasteiger partial charge in [0.25, 0.3) is 0 Å². The molecule has 0 spiro atoms. The van der Waals surface area contributed by atoms with Crippen LogP contribution in [0.4, 0.5) is 0 Å². The Morgan fingerprint density at radius 1 is 1.29 bits per heavy atom. The molecule has 0 saturated heterocycles. The Hall–Kier alpha value is -2.36. The van der Waals surface area contributed by atoms with Gasteiger partial charge in [-0.3, -0.25) is 4.99 Å². The van der Waals surface area contributed by atoms with E-state index in [0.29, 0.717) is 17.4 Å². The summed E-state index contributed by atoms with van der Waals surface area (Å²) < 4.78 is 6.86. The first-order valence-electron chi connectivity index (χ1n) is 8.73. The topological polar surface area (TPSA) is 92.0 Å². The predicted octanol–water partition coefficient (Wildman–Crippen LogP) is 2.64. The number of hydrogen-bond donors (Lipinski definition) is 2. The molecule has 0 saturated carbocycles. The van der Waals surface area contributed by atoms with Crippen molar-refractivity contribution >= 4 is 56.7 Å². The maximum Gasteiger partial charge on any atom is 0.329 e. The summed E-state index contributed by atoms with van der Waals surface area (Å²) in [5.41, 5.74) is 2.74. The maximum absolute atomic E-state index is 11.1. The summed E-state index contributed by atoms with van der Waals surface area (Å²) in [6, 6.07) is 12.7. The molecule has 4 rings (SSSR count). The van der Waals surface area contributed by atoms with Crippen LogP contribution < -0.4 is 10.2 Å². The van der Waals surface area contributed by atoms with Gasteiger partial charge in [0.05, 0.1) is 10.2 Å². The Labute approximate surface area is 170 Å². The Kier molecular flexibility index (Phi) is 5.39. The summed E-state index contributed by atoms with van der Waals surface area (Å²) in [6.07, 6.45) is 0. The van der Waals surface area contributed by atoms with E-state index in [-0.39, 0.29) is 0 Å². The third-order valence-electron chi connectivity index (χ3n) is 4.35. The Bertz CT molecular complexity index is 1050. The first-order valence-corrected chi connectivity index (χ1v) is 10.5. The van der Waals surface area contributed by atoms with Crippen LogP contribution in [0.15, 0.2) is 47.5 Å². The number of fused-ring (bicyclic) bond motifs is 1. The molecule has 3 aromatic rings. The van der Waals surface area contributed by atoms with Crippen LogP contribution in [0.1, 0.15) is 10.6 Å². The molecule has 2 N–H and O–H groups in total. The minimum absolute atomic E-state index is 0.431. The van der Waals surface area contributed by atoms with Crippen molar-refractivity contribution in [3.63, 3.8) is 0 Å². The van der Waals surface area contributed by atoms with Gasteiger partial charge in [0, 0.05) is 5.75 Å². The summed E-state index contributed by atoms with van der Waals surface area (Å²) in [4.78, 5) is 19.9. The first kappa shape index (κ1) is 19.0. The van der Waals surface area contributed by atoms with Crippen molar-refractivity contribution in [1.29, 1.82) is 0 Å². The molecule has 1 aliphatic rings. The van der Waals surface area contributed by atoms with Crippen LogP contribution in [-0.4, -0.2) is 44.8 Å².